The van der Waals surface area contributed by atoms with E-state index in [1.807, 2.05) is 12.1 Å². The standard InChI is InChI=1S/C13H15N3O4/c1-2-18-12(17)7-14-13-15-8-5-10-11(6-9(8)16-13)20-4-3-19-10/h5-6H,2-4,7H2,1H3,(H2,14,15,16). The summed E-state index contributed by atoms with van der Waals surface area (Å²) in [6, 6.07) is 3.66. The quantitative estimate of drug-likeness (QED) is 0.820. The first-order valence-corrected chi connectivity index (χ1v) is 6.45. The molecule has 0 saturated carbocycles. The van der Waals surface area contributed by atoms with Crippen LogP contribution in [0.5, 0.6) is 11.5 Å². The molecule has 0 radical (unpaired) electrons. The molecule has 106 valence electrons. The molecule has 3 rings (SSSR count). The van der Waals surface area contributed by atoms with Crippen molar-refractivity contribution in [1.29, 1.82) is 0 Å². The Bertz CT molecular complexity index is 595. The molecule has 0 aliphatic carbocycles. The van der Waals surface area contributed by atoms with Gasteiger partial charge in [0.1, 0.15) is 19.8 Å². The predicted molar refractivity (Wildman–Crippen MR) is 72.2 cm³/mol. The van der Waals surface area contributed by atoms with E-state index in [-0.39, 0.29) is 12.5 Å². The van der Waals surface area contributed by atoms with E-state index < -0.39 is 0 Å². The largest absolute Gasteiger partial charge is 0.486 e. The highest BCUT2D eigenvalue weighted by molar-refractivity contribution is 5.82. The van der Waals surface area contributed by atoms with Crippen molar-refractivity contribution in [2.24, 2.45) is 0 Å². The maximum Gasteiger partial charge on any atom is 0.325 e. The van der Waals surface area contributed by atoms with Crippen LogP contribution >= 0.6 is 0 Å². The van der Waals surface area contributed by atoms with Crippen LogP contribution in [0.4, 0.5) is 5.95 Å². The number of H-pyrrole nitrogens is 1. The fourth-order valence-electron chi connectivity index (χ4n) is 2.00. The third kappa shape index (κ3) is 2.47. The Morgan fingerprint density at radius 1 is 1.40 bits per heavy atom. The van der Waals surface area contributed by atoms with Crippen LogP contribution in [0.25, 0.3) is 11.0 Å². The molecule has 0 fully saturated rings. The first-order valence-electron chi connectivity index (χ1n) is 6.45. The van der Waals surface area contributed by atoms with Crippen molar-refractivity contribution in [2.45, 2.75) is 6.92 Å². The fourth-order valence-corrected chi connectivity index (χ4v) is 2.00. The lowest BCUT2D eigenvalue weighted by Gasteiger charge is -2.17. The summed E-state index contributed by atoms with van der Waals surface area (Å²) in [7, 11) is 0. The zero-order valence-corrected chi connectivity index (χ0v) is 11.1. The zero-order chi connectivity index (χ0) is 13.9. The molecule has 20 heavy (non-hydrogen) atoms. The lowest BCUT2D eigenvalue weighted by molar-refractivity contribution is -0.140. The Hall–Kier alpha value is -2.44. The van der Waals surface area contributed by atoms with E-state index in [0.717, 1.165) is 11.0 Å². The molecule has 7 nitrogen and oxygen atoms in total. The van der Waals surface area contributed by atoms with E-state index in [0.29, 0.717) is 37.3 Å². The second kappa shape index (κ2) is 5.28. The number of esters is 1. The molecule has 0 saturated heterocycles. The van der Waals surface area contributed by atoms with Crippen LogP contribution in [0.1, 0.15) is 6.92 Å². The number of anilines is 1. The summed E-state index contributed by atoms with van der Waals surface area (Å²) >= 11 is 0. The highest BCUT2D eigenvalue weighted by Gasteiger charge is 2.15. The number of hydrogen-bond donors (Lipinski definition) is 2. The van der Waals surface area contributed by atoms with Crippen molar-refractivity contribution in [3.05, 3.63) is 12.1 Å². The van der Waals surface area contributed by atoms with Gasteiger partial charge in [0.25, 0.3) is 0 Å². The van der Waals surface area contributed by atoms with E-state index in [4.69, 9.17) is 14.2 Å². The minimum atomic E-state index is -0.320. The van der Waals surface area contributed by atoms with Crippen LogP contribution < -0.4 is 14.8 Å². The van der Waals surface area contributed by atoms with Crippen molar-refractivity contribution in [3.8, 4) is 11.5 Å². The van der Waals surface area contributed by atoms with Crippen LogP contribution in [-0.4, -0.2) is 42.3 Å². The number of nitrogens with one attached hydrogen (secondary N) is 2. The number of nitrogens with zero attached hydrogens (tertiary/aromatic N) is 1. The van der Waals surface area contributed by atoms with Crippen molar-refractivity contribution in [2.75, 3.05) is 31.7 Å². The van der Waals surface area contributed by atoms with Gasteiger partial charge in [0.15, 0.2) is 11.5 Å². The molecular formula is C13H15N3O4. The smallest absolute Gasteiger partial charge is 0.325 e. The molecule has 2 N–H and O–H groups in total. The van der Waals surface area contributed by atoms with E-state index in [1.54, 1.807) is 6.92 Å². The maximum absolute atomic E-state index is 11.3. The molecule has 0 atom stereocenters. The highest BCUT2D eigenvalue weighted by Crippen LogP contribution is 2.34. The van der Waals surface area contributed by atoms with E-state index >= 15 is 0 Å². The number of hydrogen-bond acceptors (Lipinski definition) is 6. The van der Waals surface area contributed by atoms with E-state index in [2.05, 4.69) is 15.3 Å². The van der Waals surface area contributed by atoms with Gasteiger partial charge in [-0.25, -0.2) is 4.98 Å². The van der Waals surface area contributed by atoms with Crippen LogP contribution in [0.15, 0.2) is 12.1 Å². The summed E-state index contributed by atoms with van der Waals surface area (Å²) in [4.78, 5) is 18.7. The van der Waals surface area contributed by atoms with E-state index in [9.17, 15) is 4.79 Å². The average Bonchev–Trinajstić information content (AvgIpc) is 2.84. The molecule has 0 unspecified atom stereocenters. The summed E-state index contributed by atoms with van der Waals surface area (Å²) in [5.74, 6) is 1.57. The summed E-state index contributed by atoms with van der Waals surface area (Å²) in [5.41, 5.74) is 1.57. The van der Waals surface area contributed by atoms with Crippen LogP contribution in [0, 0.1) is 0 Å². The molecule has 7 heteroatoms. The summed E-state index contributed by atoms with van der Waals surface area (Å²) in [6.45, 7) is 3.28. The Morgan fingerprint density at radius 3 is 2.90 bits per heavy atom. The lowest BCUT2D eigenvalue weighted by atomic mass is 10.2. The monoisotopic (exact) mass is 277 g/mol. The van der Waals surface area contributed by atoms with Crippen LogP contribution in [-0.2, 0) is 9.53 Å². The SMILES string of the molecule is CCOC(=O)CNc1nc2cc3c(cc2[nH]1)OCCO3. The second-order valence-electron chi connectivity index (χ2n) is 4.26. The van der Waals surface area contributed by atoms with Gasteiger partial charge in [0.05, 0.1) is 17.6 Å². The summed E-state index contributed by atoms with van der Waals surface area (Å²) in [6.07, 6.45) is 0. The number of aromatic nitrogens is 2. The number of rotatable bonds is 4. The van der Waals surface area contributed by atoms with Crippen molar-refractivity contribution in [1.82, 2.24) is 9.97 Å². The van der Waals surface area contributed by atoms with Gasteiger partial charge in [-0.1, -0.05) is 0 Å². The molecule has 1 aliphatic rings. The number of ether oxygens (including phenoxy) is 3. The highest BCUT2D eigenvalue weighted by atomic mass is 16.6. The molecule has 0 bridgehead atoms. The number of fused-ring (bicyclic) bond motifs is 2. The van der Waals surface area contributed by atoms with Gasteiger partial charge in [-0.15, -0.1) is 0 Å². The van der Waals surface area contributed by atoms with Crippen molar-refractivity contribution < 1.29 is 19.0 Å². The number of imidazole rings is 1. The number of benzene rings is 1. The van der Waals surface area contributed by atoms with Gasteiger partial charge in [-0.3, -0.25) is 4.79 Å². The lowest BCUT2D eigenvalue weighted by Crippen LogP contribution is -2.17. The van der Waals surface area contributed by atoms with Crippen LogP contribution in [0.2, 0.25) is 0 Å². The summed E-state index contributed by atoms with van der Waals surface area (Å²) in [5, 5.41) is 2.89. The first-order chi connectivity index (χ1) is 9.76. The van der Waals surface area contributed by atoms with Crippen molar-refractivity contribution in [3.63, 3.8) is 0 Å². The third-order valence-corrected chi connectivity index (χ3v) is 2.85. The zero-order valence-electron chi connectivity index (χ0n) is 11.1. The topological polar surface area (TPSA) is 85.5 Å². The molecule has 1 aromatic heterocycles. The first kappa shape index (κ1) is 12.6. The summed E-state index contributed by atoms with van der Waals surface area (Å²) < 4.78 is 15.8. The average molecular weight is 277 g/mol. The maximum atomic E-state index is 11.3. The Kier molecular flexibility index (Phi) is 3.32. The molecule has 1 aromatic carbocycles. The van der Waals surface area contributed by atoms with Gasteiger partial charge in [-0.05, 0) is 6.92 Å². The van der Waals surface area contributed by atoms with Crippen molar-refractivity contribution >= 4 is 23.0 Å². The van der Waals surface area contributed by atoms with Gasteiger partial charge in [-0.2, -0.15) is 0 Å². The number of carbonyl (C=O) groups is 1. The minimum Gasteiger partial charge on any atom is -0.486 e. The van der Waals surface area contributed by atoms with Gasteiger partial charge in [0, 0.05) is 12.1 Å². The fraction of sp³-hybridized carbons (Fsp3) is 0.385. The normalized spacial score (nSPS) is 13.2. The number of carbonyl (C=O) groups excluding carboxylic acids is 1. The van der Waals surface area contributed by atoms with Gasteiger partial charge >= 0.3 is 5.97 Å². The van der Waals surface area contributed by atoms with Gasteiger partial charge < -0.3 is 24.5 Å². The predicted octanol–water partition coefficient (Wildman–Crippen LogP) is 1.31. The Morgan fingerprint density at radius 2 is 2.15 bits per heavy atom. The molecule has 1 aliphatic heterocycles. The van der Waals surface area contributed by atoms with Gasteiger partial charge in [0.2, 0.25) is 5.95 Å². The molecular weight excluding hydrogens is 262 g/mol. The van der Waals surface area contributed by atoms with Crippen LogP contribution in [0.3, 0.4) is 0 Å². The Labute approximate surface area is 115 Å². The Balaban J connectivity index is 1.78. The molecule has 2 aromatic rings. The second-order valence-corrected chi connectivity index (χ2v) is 4.26. The minimum absolute atomic E-state index is 0.0698. The third-order valence-electron chi connectivity index (χ3n) is 2.85. The molecule has 0 amide bonds. The van der Waals surface area contributed by atoms with E-state index in [1.165, 1.54) is 0 Å². The number of aromatic amines is 1. The molecule has 2 heterocycles. The molecule has 0 spiro atoms.